The number of benzene rings is 1. The number of amides is 1. The molecule has 5 aliphatic carbocycles. The van der Waals surface area contributed by atoms with Crippen molar-refractivity contribution in [2.45, 2.75) is 170 Å². The van der Waals surface area contributed by atoms with Crippen LogP contribution in [-0.2, 0) is 4.79 Å². The number of hydrogen-bond donors (Lipinski definition) is 0. The minimum absolute atomic E-state index is 0.333. The van der Waals surface area contributed by atoms with Crippen molar-refractivity contribution in [3.05, 3.63) is 30.3 Å². The Balaban J connectivity index is 1.13. The maximum absolute atomic E-state index is 14.7. The summed E-state index contributed by atoms with van der Waals surface area (Å²) in [6.07, 6.45) is 22.9. The molecule has 0 aromatic heterocycles. The summed E-state index contributed by atoms with van der Waals surface area (Å²) in [6, 6.07) is 17.6. The lowest BCUT2D eigenvalue weighted by Crippen LogP contribution is -2.89. The number of fused-ring (bicyclic) bond motifs is 9. The van der Waals surface area contributed by atoms with Gasteiger partial charge < -0.3 is 9.80 Å². The van der Waals surface area contributed by atoms with E-state index in [9.17, 15) is 4.79 Å². The number of para-hydroxylation sites is 1. The fraction of sp³-hybridized carbons (Fsp3) is 0.811. The van der Waals surface area contributed by atoms with Gasteiger partial charge in [0.1, 0.15) is 0 Å². The van der Waals surface area contributed by atoms with Crippen molar-refractivity contribution in [1.29, 1.82) is 0 Å². The molecule has 13 atom stereocenters. The quantitative estimate of drug-likeness (QED) is 0.403. The Morgan fingerprint density at radius 3 is 1.74 bits per heavy atom. The van der Waals surface area contributed by atoms with Crippen LogP contribution in [0, 0.1) is 17.8 Å². The van der Waals surface area contributed by atoms with Gasteiger partial charge in [-0.05, 0) is 88.2 Å². The zero-order valence-electron chi connectivity index (χ0n) is 25.6. The average molecular weight is 569 g/mol. The van der Waals surface area contributed by atoms with Crippen molar-refractivity contribution >= 4 is 11.6 Å². The fourth-order valence-electron chi connectivity index (χ4n) is 13.7. The number of hydrogen-bond acceptors (Lipinski definition) is 4. The number of carbonyl (C=O) groups excluding carboxylic acids is 1. The van der Waals surface area contributed by atoms with E-state index in [2.05, 4.69) is 49.9 Å². The summed E-state index contributed by atoms with van der Waals surface area (Å²) >= 11 is 0. The first-order valence-corrected chi connectivity index (χ1v) is 18.5. The maximum Gasteiger partial charge on any atom is 0.226 e. The van der Waals surface area contributed by atoms with Crippen LogP contribution in [0.5, 0.6) is 0 Å². The summed E-state index contributed by atoms with van der Waals surface area (Å²) in [5.41, 5.74) is 1.47. The first-order chi connectivity index (χ1) is 20.8. The second kappa shape index (κ2) is 9.70. The van der Waals surface area contributed by atoms with E-state index in [1.54, 1.807) is 0 Å². The van der Waals surface area contributed by atoms with Gasteiger partial charge in [0.05, 0.1) is 6.04 Å². The van der Waals surface area contributed by atoms with Crippen LogP contribution in [0.25, 0.3) is 0 Å². The van der Waals surface area contributed by atoms with E-state index >= 15 is 0 Å². The normalized spacial score (nSPS) is 49.7. The Kier molecular flexibility index (Phi) is 5.94. The third kappa shape index (κ3) is 3.36. The molecule has 5 heteroatoms. The van der Waals surface area contributed by atoms with Gasteiger partial charge in [0.2, 0.25) is 5.91 Å². The van der Waals surface area contributed by atoms with E-state index in [1.807, 2.05) is 0 Å². The molecule has 1 aromatic carbocycles. The average Bonchev–Trinajstić information content (AvgIpc) is 3.06. The molecule has 9 aliphatic rings. The summed E-state index contributed by atoms with van der Waals surface area (Å²) in [6.45, 7) is 0. The highest BCUT2D eigenvalue weighted by Crippen LogP contribution is 2.58. The van der Waals surface area contributed by atoms with Crippen LogP contribution in [0.1, 0.15) is 109 Å². The van der Waals surface area contributed by atoms with Crippen LogP contribution in [0.3, 0.4) is 0 Å². The Morgan fingerprint density at radius 1 is 0.452 bits per heavy atom. The summed E-state index contributed by atoms with van der Waals surface area (Å²) < 4.78 is 0. The van der Waals surface area contributed by atoms with E-state index in [-0.39, 0.29) is 0 Å². The Bertz CT molecular complexity index is 1210. The van der Waals surface area contributed by atoms with E-state index in [0.717, 1.165) is 18.0 Å². The SMILES string of the molecule is O=C1C2CCCCC2C2CCCC3C2N1C1CCC2C4C1N3C1CCCCC1N4C1CCCCC1N2c1ccccc1. The lowest BCUT2D eigenvalue weighted by molar-refractivity contribution is -0.233. The lowest BCUT2D eigenvalue weighted by Gasteiger charge is -2.75. The van der Waals surface area contributed by atoms with Gasteiger partial charge in [0.25, 0.3) is 0 Å². The van der Waals surface area contributed by atoms with E-state index < -0.39 is 0 Å². The molecule has 4 aliphatic heterocycles. The largest absolute Gasteiger partial charge is 0.362 e. The minimum atomic E-state index is 0.333. The lowest BCUT2D eigenvalue weighted by atomic mass is 9.57. The van der Waals surface area contributed by atoms with Crippen LogP contribution in [0.4, 0.5) is 5.69 Å². The van der Waals surface area contributed by atoms with Gasteiger partial charge in [-0.2, -0.15) is 0 Å². The number of piperidine rings is 1. The number of anilines is 1. The number of piperazine rings is 3. The molecule has 4 heterocycles. The van der Waals surface area contributed by atoms with Gasteiger partial charge in [-0.25, -0.2) is 0 Å². The second-order valence-electron chi connectivity index (χ2n) is 16.1. The van der Waals surface area contributed by atoms with Crippen LogP contribution < -0.4 is 4.90 Å². The van der Waals surface area contributed by atoms with Gasteiger partial charge in [0, 0.05) is 66.0 Å². The Labute approximate surface area is 253 Å². The molecule has 9 fully saturated rings. The van der Waals surface area contributed by atoms with Gasteiger partial charge in [-0.1, -0.05) is 63.1 Å². The zero-order chi connectivity index (χ0) is 27.5. The molecular formula is C37H52N4O. The Hall–Kier alpha value is -1.59. The predicted molar refractivity (Wildman–Crippen MR) is 166 cm³/mol. The molecule has 0 radical (unpaired) electrons. The van der Waals surface area contributed by atoms with Crippen LogP contribution in [-0.4, -0.2) is 81.0 Å². The summed E-state index contributed by atoms with van der Waals surface area (Å²) in [5, 5.41) is 0. The standard InChI is InChI=1S/C37H52N4O/c42-37-26-14-5-4-13-24(26)25-15-10-20-31-34(25)41(37)33-22-21-32-35-36(33)40(31)30-19-9-8-18-29(30)39(35)28-17-7-6-16-27(28)38(32)23-11-2-1-3-12-23/h1-3,11-12,24-36H,4-10,13-22H2. The number of nitrogens with zero attached hydrogens (tertiary/aromatic N) is 4. The first kappa shape index (κ1) is 25.7. The third-order valence-electron chi connectivity index (χ3n) is 14.8. The molecule has 0 spiro atoms. The summed E-state index contributed by atoms with van der Waals surface area (Å²) in [7, 11) is 0. The number of carbonyl (C=O) groups is 1. The molecule has 5 nitrogen and oxygen atoms in total. The van der Waals surface area contributed by atoms with E-state index in [1.165, 1.54) is 115 Å². The molecule has 0 N–H and O–H groups in total. The monoisotopic (exact) mass is 568 g/mol. The van der Waals surface area contributed by atoms with Crippen molar-refractivity contribution in [2.75, 3.05) is 4.90 Å². The molecule has 1 amide bonds. The van der Waals surface area contributed by atoms with Crippen molar-refractivity contribution in [3.63, 3.8) is 0 Å². The molecular weight excluding hydrogens is 516 g/mol. The third-order valence-corrected chi connectivity index (χ3v) is 14.8. The first-order valence-electron chi connectivity index (χ1n) is 18.5. The molecule has 5 saturated carbocycles. The topological polar surface area (TPSA) is 30.0 Å². The fourth-order valence-corrected chi connectivity index (χ4v) is 13.7. The highest BCUT2D eigenvalue weighted by molar-refractivity contribution is 5.81. The molecule has 226 valence electrons. The Morgan fingerprint density at radius 2 is 1.00 bits per heavy atom. The maximum atomic E-state index is 14.7. The number of rotatable bonds is 1. The van der Waals surface area contributed by atoms with E-state index in [4.69, 9.17) is 0 Å². The highest BCUT2D eigenvalue weighted by Gasteiger charge is 2.69. The minimum Gasteiger partial charge on any atom is -0.362 e. The second-order valence-corrected chi connectivity index (χ2v) is 16.1. The predicted octanol–water partition coefficient (Wildman–Crippen LogP) is 6.21. The van der Waals surface area contributed by atoms with Crippen LogP contribution in [0.2, 0.25) is 0 Å². The van der Waals surface area contributed by atoms with Crippen molar-refractivity contribution < 1.29 is 4.79 Å². The molecule has 10 rings (SSSR count). The van der Waals surface area contributed by atoms with Crippen molar-refractivity contribution in [1.82, 2.24) is 14.7 Å². The smallest absolute Gasteiger partial charge is 0.226 e. The molecule has 1 aromatic rings. The summed E-state index contributed by atoms with van der Waals surface area (Å²) in [5.74, 6) is 2.39. The molecule has 42 heavy (non-hydrogen) atoms. The highest BCUT2D eigenvalue weighted by atomic mass is 16.2. The molecule has 13 unspecified atom stereocenters. The van der Waals surface area contributed by atoms with Gasteiger partial charge in [-0.15, -0.1) is 0 Å². The molecule has 4 saturated heterocycles. The van der Waals surface area contributed by atoms with Crippen molar-refractivity contribution in [2.24, 2.45) is 17.8 Å². The van der Waals surface area contributed by atoms with Gasteiger partial charge in [0.15, 0.2) is 0 Å². The molecule has 0 bridgehead atoms. The zero-order valence-corrected chi connectivity index (χ0v) is 25.6. The van der Waals surface area contributed by atoms with Crippen LogP contribution >= 0.6 is 0 Å². The van der Waals surface area contributed by atoms with E-state index in [0.29, 0.717) is 66.1 Å². The van der Waals surface area contributed by atoms with Gasteiger partial charge >= 0.3 is 0 Å². The summed E-state index contributed by atoms with van der Waals surface area (Å²) in [4.78, 5) is 26.8. The van der Waals surface area contributed by atoms with Crippen molar-refractivity contribution in [3.8, 4) is 0 Å². The van der Waals surface area contributed by atoms with Gasteiger partial charge in [-0.3, -0.25) is 14.6 Å². The van der Waals surface area contributed by atoms with Crippen LogP contribution in [0.15, 0.2) is 30.3 Å².